The standard InChI is InChI=1S/C16H25N3O2/c1-5-6-7-8-13-9-12(10-18-13)14(17)11-19-15(20)21-16(2,3)4/h5-8,10,14,18H,1,9,11,17H2,2-4H3,(H,19,20)/b7-6-,13-8+. The summed E-state index contributed by atoms with van der Waals surface area (Å²) in [4.78, 5) is 11.6. The van der Waals surface area contributed by atoms with Crippen LogP contribution in [0, 0.1) is 0 Å². The summed E-state index contributed by atoms with van der Waals surface area (Å²) in [5, 5.41) is 5.84. The average Bonchev–Trinajstić information content (AvgIpc) is 2.83. The second kappa shape index (κ2) is 7.69. The van der Waals surface area contributed by atoms with Crippen LogP contribution in [0.4, 0.5) is 4.79 Å². The normalized spacial score (nSPS) is 18.3. The number of allylic oxidation sites excluding steroid dienone is 5. The Morgan fingerprint density at radius 1 is 1.57 bits per heavy atom. The number of rotatable bonds is 5. The largest absolute Gasteiger partial charge is 0.444 e. The van der Waals surface area contributed by atoms with Crippen molar-refractivity contribution in [3.63, 3.8) is 0 Å². The molecule has 0 aromatic carbocycles. The minimum atomic E-state index is -0.504. The van der Waals surface area contributed by atoms with Gasteiger partial charge < -0.3 is 21.1 Å². The Bertz CT molecular complexity index is 470. The van der Waals surface area contributed by atoms with Gasteiger partial charge in [0.25, 0.3) is 0 Å². The molecule has 1 unspecified atom stereocenters. The Kier molecular flexibility index (Phi) is 6.24. The zero-order valence-electron chi connectivity index (χ0n) is 13.0. The molecule has 0 spiro atoms. The van der Waals surface area contributed by atoms with E-state index in [2.05, 4.69) is 17.2 Å². The number of nitrogens with one attached hydrogen (secondary N) is 2. The first kappa shape index (κ1) is 17.0. The Morgan fingerprint density at radius 2 is 2.29 bits per heavy atom. The molecule has 1 amide bonds. The second-order valence-electron chi connectivity index (χ2n) is 5.84. The van der Waals surface area contributed by atoms with Gasteiger partial charge in [0.1, 0.15) is 5.60 Å². The molecular formula is C16H25N3O2. The van der Waals surface area contributed by atoms with E-state index in [-0.39, 0.29) is 6.04 Å². The van der Waals surface area contributed by atoms with Crippen LogP contribution in [0.5, 0.6) is 0 Å². The first-order valence-corrected chi connectivity index (χ1v) is 6.98. The maximum Gasteiger partial charge on any atom is 0.407 e. The molecule has 21 heavy (non-hydrogen) atoms. The lowest BCUT2D eigenvalue weighted by molar-refractivity contribution is 0.0526. The highest BCUT2D eigenvalue weighted by Gasteiger charge is 2.19. The van der Waals surface area contributed by atoms with E-state index < -0.39 is 11.7 Å². The van der Waals surface area contributed by atoms with Gasteiger partial charge in [-0.3, -0.25) is 0 Å². The number of hydrogen-bond donors (Lipinski definition) is 3. The molecule has 1 heterocycles. The van der Waals surface area contributed by atoms with Gasteiger partial charge in [-0.1, -0.05) is 24.8 Å². The molecule has 0 fully saturated rings. The zero-order chi connectivity index (χ0) is 15.9. The molecule has 4 N–H and O–H groups in total. The molecule has 1 atom stereocenters. The van der Waals surface area contributed by atoms with Gasteiger partial charge in [0, 0.05) is 30.9 Å². The number of amides is 1. The number of ether oxygens (including phenoxy) is 1. The van der Waals surface area contributed by atoms with E-state index >= 15 is 0 Å². The van der Waals surface area contributed by atoms with Crippen LogP contribution in [-0.2, 0) is 4.74 Å². The predicted molar refractivity (Wildman–Crippen MR) is 85.5 cm³/mol. The number of carbonyl (C=O) groups is 1. The highest BCUT2D eigenvalue weighted by molar-refractivity contribution is 5.67. The molecule has 0 saturated heterocycles. The molecular weight excluding hydrogens is 266 g/mol. The second-order valence-corrected chi connectivity index (χ2v) is 5.84. The van der Waals surface area contributed by atoms with Crippen molar-refractivity contribution >= 4 is 6.09 Å². The molecule has 0 bridgehead atoms. The molecule has 0 aliphatic carbocycles. The van der Waals surface area contributed by atoms with Crippen LogP contribution >= 0.6 is 0 Å². The van der Waals surface area contributed by atoms with Gasteiger partial charge in [-0.15, -0.1) is 0 Å². The molecule has 0 radical (unpaired) electrons. The quantitative estimate of drug-likeness (QED) is 0.680. The van der Waals surface area contributed by atoms with Gasteiger partial charge in [0.15, 0.2) is 0 Å². The van der Waals surface area contributed by atoms with Crippen LogP contribution < -0.4 is 16.4 Å². The molecule has 1 aliphatic rings. The summed E-state index contributed by atoms with van der Waals surface area (Å²) >= 11 is 0. The number of carbonyl (C=O) groups excluding carboxylic acids is 1. The Balaban J connectivity index is 2.39. The van der Waals surface area contributed by atoms with Gasteiger partial charge in [-0.2, -0.15) is 0 Å². The van der Waals surface area contributed by atoms with Crippen LogP contribution in [-0.4, -0.2) is 24.3 Å². The Hall–Kier alpha value is -2.01. The summed E-state index contributed by atoms with van der Waals surface area (Å²) in [6.45, 7) is 9.43. The van der Waals surface area contributed by atoms with E-state index in [4.69, 9.17) is 10.5 Å². The summed E-state index contributed by atoms with van der Waals surface area (Å²) in [6.07, 6.45) is 9.64. The minimum absolute atomic E-state index is 0.237. The van der Waals surface area contributed by atoms with E-state index in [1.54, 1.807) is 6.08 Å². The third kappa shape index (κ3) is 6.81. The van der Waals surface area contributed by atoms with Crippen molar-refractivity contribution in [2.45, 2.75) is 38.8 Å². The molecule has 1 aliphatic heterocycles. The van der Waals surface area contributed by atoms with Crippen LogP contribution in [0.2, 0.25) is 0 Å². The van der Waals surface area contributed by atoms with E-state index in [1.807, 2.05) is 45.2 Å². The first-order chi connectivity index (χ1) is 9.81. The monoisotopic (exact) mass is 291 g/mol. The van der Waals surface area contributed by atoms with Crippen molar-refractivity contribution in [2.75, 3.05) is 6.54 Å². The van der Waals surface area contributed by atoms with Crippen molar-refractivity contribution in [3.8, 4) is 0 Å². The topological polar surface area (TPSA) is 76.4 Å². The van der Waals surface area contributed by atoms with Crippen LogP contribution in [0.15, 0.2) is 48.4 Å². The van der Waals surface area contributed by atoms with Crippen LogP contribution in [0.1, 0.15) is 27.2 Å². The van der Waals surface area contributed by atoms with Gasteiger partial charge in [-0.05, 0) is 32.4 Å². The zero-order valence-corrected chi connectivity index (χ0v) is 13.0. The third-order valence-corrected chi connectivity index (χ3v) is 2.72. The summed E-state index contributed by atoms with van der Waals surface area (Å²) in [5.74, 6) is 0. The van der Waals surface area contributed by atoms with E-state index in [1.165, 1.54) is 0 Å². The fourth-order valence-electron chi connectivity index (χ4n) is 1.74. The van der Waals surface area contributed by atoms with Crippen molar-refractivity contribution in [3.05, 3.63) is 48.4 Å². The molecule has 0 aromatic rings. The fraction of sp³-hybridized carbons (Fsp3) is 0.438. The molecule has 5 nitrogen and oxygen atoms in total. The highest BCUT2D eigenvalue weighted by Crippen LogP contribution is 2.17. The van der Waals surface area contributed by atoms with Gasteiger partial charge >= 0.3 is 6.09 Å². The van der Waals surface area contributed by atoms with Gasteiger partial charge in [0.05, 0.1) is 0 Å². The van der Waals surface area contributed by atoms with E-state index in [9.17, 15) is 4.79 Å². The summed E-state index contributed by atoms with van der Waals surface area (Å²) in [6, 6.07) is -0.237. The Labute approximate surface area is 126 Å². The minimum Gasteiger partial charge on any atom is -0.444 e. The summed E-state index contributed by atoms with van der Waals surface area (Å²) in [5.41, 5.74) is 7.68. The number of nitrogens with two attached hydrogens (primary N) is 1. The van der Waals surface area contributed by atoms with Crippen molar-refractivity contribution in [2.24, 2.45) is 5.73 Å². The van der Waals surface area contributed by atoms with Gasteiger partial charge in [0.2, 0.25) is 0 Å². The smallest absolute Gasteiger partial charge is 0.407 e. The first-order valence-electron chi connectivity index (χ1n) is 6.98. The Morgan fingerprint density at radius 3 is 2.90 bits per heavy atom. The van der Waals surface area contributed by atoms with Crippen LogP contribution in [0.25, 0.3) is 0 Å². The van der Waals surface area contributed by atoms with Crippen molar-refractivity contribution < 1.29 is 9.53 Å². The van der Waals surface area contributed by atoms with Gasteiger partial charge in [-0.25, -0.2) is 4.79 Å². The maximum absolute atomic E-state index is 11.6. The predicted octanol–water partition coefficient (Wildman–Crippen LogP) is 2.34. The average molecular weight is 291 g/mol. The lowest BCUT2D eigenvalue weighted by Crippen LogP contribution is -2.40. The van der Waals surface area contributed by atoms with Crippen molar-refractivity contribution in [1.82, 2.24) is 10.6 Å². The van der Waals surface area contributed by atoms with Crippen LogP contribution in [0.3, 0.4) is 0 Å². The fourth-order valence-corrected chi connectivity index (χ4v) is 1.74. The SMILES string of the molecule is C=C/C=C\C=C1/CC(C(N)CNC(=O)OC(C)(C)C)=CN1. The molecule has 116 valence electrons. The van der Waals surface area contributed by atoms with E-state index in [0.29, 0.717) is 6.54 Å². The molecule has 0 aromatic heterocycles. The molecule has 5 heteroatoms. The highest BCUT2D eigenvalue weighted by atomic mass is 16.6. The van der Waals surface area contributed by atoms with E-state index in [0.717, 1.165) is 17.7 Å². The molecule has 0 saturated carbocycles. The number of hydrogen-bond acceptors (Lipinski definition) is 4. The summed E-state index contributed by atoms with van der Waals surface area (Å²) < 4.78 is 5.17. The lowest BCUT2D eigenvalue weighted by atomic mass is 10.1. The summed E-state index contributed by atoms with van der Waals surface area (Å²) in [7, 11) is 0. The number of alkyl carbamates (subject to hydrolysis) is 1. The lowest BCUT2D eigenvalue weighted by Gasteiger charge is -2.21. The third-order valence-electron chi connectivity index (χ3n) is 2.72. The van der Waals surface area contributed by atoms with Crippen molar-refractivity contribution in [1.29, 1.82) is 0 Å². The molecule has 1 rings (SSSR count). The maximum atomic E-state index is 11.6.